The number of ether oxygens (including phenoxy) is 2. The van der Waals surface area contributed by atoms with E-state index in [0.29, 0.717) is 104 Å². The van der Waals surface area contributed by atoms with Crippen LogP contribution in [0, 0.1) is 39.3 Å². The molecule has 0 unspecified atom stereocenters. The van der Waals surface area contributed by atoms with Crippen molar-refractivity contribution >= 4 is 39.2 Å². The molecule has 3 aliphatic heterocycles. The van der Waals surface area contributed by atoms with Crippen LogP contribution in [0.5, 0.6) is 0 Å². The van der Waals surface area contributed by atoms with Gasteiger partial charge in [0.1, 0.15) is 40.1 Å². The number of carbonyl (C=O) groups excluding carboxylic acids is 1. The standard InChI is InChI=1S/C23H27FN4O3.C21H23FN4O2/c1-13(2)16-11-17-14(3)19(22-25-15(4)27-31-22)21(26-20(17)18(24)12-16)28-7-5-23(6-8-28)29-9-10-30-23;1-11(2)14-9-16-12(3)18(21-23-13(4)25-28-21)20(24-19(16)17(22)10-14)26-7-5-15(27)6-8-26/h11-13H,5-10H2,1-4H3;9-11H,5-8H2,1-4H3. The summed E-state index contributed by atoms with van der Waals surface area (Å²) in [4.78, 5) is 34.2. The fourth-order valence-electron chi connectivity index (χ4n) is 8.21. The number of aromatic nitrogens is 6. The van der Waals surface area contributed by atoms with Crippen LogP contribution in [0.2, 0.25) is 0 Å². The van der Waals surface area contributed by atoms with Gasteiger partial charge in [-0.1, -0.05) is 38.0 Å². The molecule has 3 aliphatic rings. The molecule has 0 saturated carbocycles. The summed E-state index contributed by atoms with van der Waals surface area (Å²) in [6.07, 6.45) is 2.36. The summed E-state index contributed by atoms with van der Waals surface area (Å²) in [7, 11) is 0. The molecule has 4 aromatic heterocycles. The maximum Gasteiger partial charge on any atom is 0.261 e. The molecule has 9 rings (SSSR count). The molecule has 59 heavy (non-hydrogen) atoms. The monoisotopic (exact) mass is 808 g/mol. The van der Waals surface area contributed by atoms with Crippen molar-refractivity contribution in [1.29, 1.82) is 0 Å². The Kier molecular flexibility index (Phi) is 10.9. The van der Waals surface area contributed by atoms with Crippen LogP contribution in [0.3, 0.4) is 0 Å². The Labute approximate surface area is 341 Å². The van der Waals surface area contributed by atoms with Crippen molar-refractivity contribution in [2.75, 3.05) is 49.2 Å². The highest BCUT2D eigenvalue weighted by Gasteiger charge is 2.41. The molecule has 310 valence electrons. The Morgan fingerprint density at radius 1 is 0.627 bits per heavy atom. The molecule has 15 heteroatoms. The van der Waals surface area contributed by atoms with Gasteiger partial charge in [0.25, 0.3) is 11.8 Å². The van der Waals surface area contributed by atoms with Crippen molar-refractivity contribution < 1.29 is 32.1 Å². The number of aryl methyl sites for hydroxylation is 4. The SMILES string of the molecule is Cc1noc(-c2c(N3CCC(=O)CC3)nc3c(F)cc(C(C)C)cc3c2C)n1.Cc1noc(-c2c(N3CCC4(CC3)OCCO4)nc3c(F)cc(C(C)C)cc3c2C)n1. The van der Waals surface area contributed by atoms with Crippen molar-refractivity contribution in [1.82, 2.24) is 30.2 Å². The first kappa shape index (κ1) is 40.4. The molecule has 0 bridgehead atoms. The normalized spacial score (nSPS) is 16.9. The number of ketones is 1. The Balaban J connectivity index is 0.000000165. The van der Waals surface area contributed by atoms with Gasteiger partial charge in [-0.3, -0.25) is 4.79 Å². The number of halogens is 2. The fraction of sp³-hybridized carbons (Fsp3) is 0.477. The smallest absolute Gasteiger partial charge is 0.261 e. The molecule has 0 aliphatic carbocycles. The molecule has 3 fully saturated rings. The predicted molar refractivity (Wildman–Crippen MR) is 220 cm³/mol. The highest BCUT2D eigenvalue weighted by atomic mass is 19.1. The highest BCUT2D eigenvalue weighted by molar-refractivity contribution is 5.95. The lowest BCUT2D eigenvalue weighted by atomic mass is 9.96. The first-order valence-corrected chi connectivity index (χ1v) is 20.4. The largest absolute Gasteiger partial charge is 0.356 e. The number of Topliss-reactive ketones (excluding diaryl/α,β-unsaturated/α-hetero) is 1. The minimum atomic E-state index is -0.499. The number of nitrogens with zero attached hydrogens (tertiary/aromatic N) is 8. The molecular weight excluding hydrogens is 759 g/mol. The van der Waals surface area contributed by atoms with Crippen molar-refractivity contribution in [2.45, 2.75) is 98.7 Å². The molecule has 0 radical (unpaired) electrons. The Hall–Kier alpha value is -5.41. The van der Waals surface area contributed by atoms with Gasteiger partial charge < -0.3 is 28.3 Å². The number of rotatable bonds is 6. The fourth-order valence-corrected chi connectivity index (χ4v) is 8.21. The van der Waals surface area contributed by atoms with Crippen molar-refractivity contribution in [2.24, 2.45) is 0 Å². The maximum atomic E-state index is 15.1. The summed E-state index contributed by atoms with van der Waals surface area (Å²) >= 11 is 0. The molecule has 0 N–H and O–H groups in total. The van der Waals surface area contributed by atoms with Crippen LogP contribution in [0.25, 0.3) is 44.7 Å². The zero-order valence-electron chi connectivity index (χ0n) is 34.9. The number of hydrogen-bond donors (Lipinski definition) is 0. The lowest BCUT2D eigenvalue weighted by molar-refractivity contribution is -0.169. The second kappa shape index (κ2) is 16.0. The first-order valence-electron chi connectivity index (χ1n) is 20.4. The van der Waals surface area contributed by atoms with E-state index in [9.17, 15) is 9.18 Å². The number of hydrogen-bond acceptors (Lipinski definition) is 13. The molecular formula is C44H50F2N8O5. The lowest BCUT2D eigenvalue weighted by Gasteiger charge is -2.38. The molecule has 0 atom stereocenters. The Morgan fingerprint density at radius 2 is 1.05 bits per heavy atom. The van der Waals surface area contributed by atoms with Gasteiger partial charge in [-0.2, -0.15) is 9.97 Å². The van der Waals surface area contributed by atoms with Crippen LogP contribution < -0.4 is 9.80 Å². The number of benzene rings is 2. The van der Waals surface area contributed by atoms with Gasteiger partial charge in [0.2, 0.25) is 0 Å². The van der Waals surface area contributed by atoms with E-state index in [1.165, 1.54) is 0 Å². The zero-order chi connectivity index (χ0) is 41.7. The van der Waals surface area contributed by atoms with E-state index in [2.05, 4.69) is 44.0 Å². The highest BCUT2D eigenvalue weighted by Crippen LogP contribution is 2.42. The second-order valence-electron chi connectivity index (χ2n) is 16.4. The van der Waals surface area contributed by atoms with Crippen LogP contribution in [0.4, 0.5) is 20.4 Å². The third-order valence-electron chi connectivity index (χ3n) is 11.7. The minimum Gasteiger partial charge on any atom is -0.356 e. The Morgan fingerprint density at radius 3 is 1.44 bits per heavy atom. The summed E-state index contributed by atoms with van der Waals surface area (Å²) in [5.74, 6) is 2.59. The van der Waals surface area contributed by atoms with Crippen LogP contribution in [0.15, 0.2) is 33.3 Å². The summed E-state index contributed by atoms with van der Waals surface area (Å²) in [5.41, 5.74) is 5.75. The zero-order valence-corrected chi connectivity index (χ0v) is 34.9. The third kappa shape index (κ3) is 7.77. The molecule has 2 aromatic carbocycles. The van der Waals surface area contributed by atoms with E-state index >= 15 is 4.39 Å². The first-order chi connectivity index (χ1) is 28.2. The topological polar surface area (TPSA) is 146 Å². The van der Waals surface area contributed by atoms with Gasteiger partial charge in [-0.15, -0.1) is 0 Å². The minimum absolute atomic E-state index is 0.195. The number of piperidine rings is 2. The number of fused-ring (bicyclic) bond motifs is 2. The number of pyridine rings is 2. The quantitative estimate of drug-likeness (QED) is 0.158. The van der Waals surface area contributed by atoms with Crippen LogP contribution in [-0.4, -0.2) is 81.2 Å². The maximum absolute atomic E-state index is 15.1. The van der Waals surface area contributed by atoms with Crippen LogP contribution in [-0.2, 0) is 14.3 Å². The van der Waals surface area contributed by atoms with Gasteiger partial charge in [-0.25, -0.2) is 18.7 Å². The van der Waals surface area contributed by atoms with E-state index in [0.717, 1.165) is 51.4 Å². The average molecular weight is 809 g/mol. The van der Waals surface area contributed by atoms with Crippen LogP contribution in [0.1, 0.15) is 99.1 Å². The summed E-state index contributed by atoms with van der Waals surface area (Å²) in [5, 5.41) is 9.40. The van der Waals surface area contributed by atoms with E-state index in [4.69, 9.17) is 23.5 Å². The average Bonchev–Trinajstić information content (AvgIpc) is 3.97. The van der Waals surface area contributed by atoms with Crippen molar-refractivity contribution in [3.63, 3.8) is 0 Å². The Bertz CT molecular complexity index is 2540. The predicted octanol–water partition coefficient (Wildman–Crippen LogP) is 8.84. The van der Waals surface area contributed by atoms with Crippen LogP contribution >= 0.6 is 0 Å². The van der Waals surface area contributed by atoms with Gasteiger partial charge in [0, 0.05) is 62.6 Å². The van der Waals surface area contributed by atoms with E-state index in [1.807, 2.05) is 44.7 Å². The van der Waals surface area contributed by atoms with E-state index in [-0.39, 0.29) is 29.3 Å². The second-order valence-corrected chi connectivity index (χ2v) is 16.4. The molecule has 0 amide bonds. The summed E-state index contributed by atoms with van der Waals surface area (Å²) in [6, 6.07) is 7.15. The van der Waals surface area contributed by atoms with Gasteiger partial charge in [0.15, 0.2) is 17.4 Å². The molecule has 7 heterocycles. The lowest BCUT2D eigenvalue weighted by Crippen LogP contribution is -2.45. The van der Waals surface area contributed by atoms with Gasteiger partial charge in [0.05, 0.1) is 24.3 Å². The number of anilines is 2. The summed E-state index contributed by atoms with van der Waals surface area (Å²) in [6.45, 7) is 19.3. The third-order valence-corrected chi connectivity index (χ3v) is 11.7. The molecule has 3 saturated heterocycles. The van der Waals surface area contributed by atoms with Crippen molar-refractivity contribution in [3.8, 4) is 22.9 Å². The van der Waals surface area contributed by atoms with Gasteiger partial charge >= 0.3 is 0 Å². The summed E-state index contributed by atoms with van der Waals surface area (Å²) < 4.78 is 52.8. The van der Waals surface area contributed by atoms with E-state index < -0.39 is 5.79 Å². The molecule has 13 nitrogen and oxygen atoms in total. The molecule has 1 spiro atoms. The van der Waals surface area contributed by atoms with E-state index in [1.54, 1.807) is 26.0 Å². The van der Waals surface area contributed by atoms with Gasteiger partial charge in [-0.05, 0) is 86.1 Å². The number of carbonyl (C=O) groups is 1. The molecule has 6 aromatic rings. The van der Waals surface area contributed by atoms with Crippen molar-refractivity contribution in [3.05, 3.63) is 69.8 Å².